The van der Waals surface area contributed by atoms with Crippen LogP contribution < -0.4 is 0 Å². The van der Waals surface area contributed by atoms with E-state index in [1.54, 1.807) is 11.3 Å². The quantitative estimate of drug-likeness (QED) is 0.713. The van der Waals surface area contributed by atoms with E-state index in [0.717, 1.165) is 30.3 Å². The van der Waals surface area contributed by atoms with Gasteiger partial charge in [-0.2, -0.15) is 0 Å². The Hall–Kier alpha value is -0.390. The SMILES string of the molecule is CCCCC(C(=O)OC)N(C)Cc1cc(Br)cs1. The third kappa shape index (κ3) is 4.71. The first-order valence-corrected chi connectivity index (χ1v) is 7.76. The number of likely N-dealkylation sites (N-methyl/N-ethyl adjacent to an activating group) is 1. The molecule has 0 fully saturated rings. The van der Waals surface area contributed by atoms with E-state index in [1.807, 2.05) is 7.05 Å². The topological polar surface area (TPSA) is 29.5 Å². The van der Waals surface area contributed by atoms with Gasteiger partial charge < -0.3 is 4.74 Å². The van der Waals surface area contributed by atoms with Crippen molar-refractivity contribution in [2.24, 2.45) is 0 Å². The molecule has 102 valence electrons. The molecule has 0 N–H and O–H groups in total. The van der Waals surface area contributed by atoms with Crippen molar-refractivity contribution in [3.8, 4) is 0 Å². The molecule has 0 radical (unpaired) electrons. The van der Waals surface area contributed by atoms with Crippen molar-refractivity contribution in [3.63, 3.8) is 0 Å². The van der Waals surface area contributed by atoms with Crippen molar-refractivity contribution in [2.75, 3.05) is 14.2 Å². The summed E-state index contributed by atoms with van der Waals surface area (Å²) in [6.45, 7) is 2.91. The second kappa shape index (κ2) is 7.92. The number of methoxy groups -OCH3 is 1. The van der Waals surface area contributed by atoms with Crippen molar-refractivity contribution >= 4 is 33.2 Å². The Morgan fingerprint density at radius 2 is 2.33 bits per heavy atom. The highest BCUT2D eigenvalue weighted by Gasteiger charge is 2.23. The van der Waals surface area contributed by atoms with Gasteiger partial charge in [0.1, 0.15) is 6.04 Å². The number of ether oxygens (including phenoxy) is 1. The minimum absolute atomic E-state index is 0.137. The van der Waals surface area contributed by atoms with Crippen LogP contribution in [0.3, 0.4) is 0 Å². The lowest BCUT2D eigenvalue weighted by molar-refractivity contribution is -0.147. The zero-order valence-corrected chi connectivity index (χ0v) is 13.5. The molecule has 1 rings (SSSR count). The van der Waals surface area contributed by atoms with Crippen molar-refractivity contribution in [1.82, 2.24) is 4.90 Å². The number of hydrogen-bond donors (Lipinski definition) is 0. The van der Waals surface area contributed by atoms with Gasteiger partial charge in [-0.25, -0.2) is 0 Å². The number of thiophene rings is 1. The number of nitrogens with zero attached hydrogens (tertiary/aromatic N) is 1. The van der Waals surface area contributed by atoms with E-state index < -0.39 is 0 Å². The van der Waals surface area contributed by atoms with E-state index in [-0.39, 0.29) is 12.0 Å². The Labute approximate surface area is 121 Å². The summed E-state index contributed by atoms with van der Waals surface area (Å²) in [4.78, 5) is 15.1. The smallest absolute Gasteiger partial charge is 0.323 e. The molecule has 18 heavy (non-hydrogen) atoms. The highest BCUT2D eigenvalue weighted by molar-refractivity contribution is 9.10. The van der Waals surface area contributed by atoms with E-state index in [4.69, 9.17) is 4.74 Å². The standard InChI is InChI=1S/C13H20BrNO2S/c1-4-5-6-12(13(16)17-3)15(2)8-11-7-10(14)9-18-11/h7,9,12H,4-6,8H2,1-3H3. The maximum absolute atomic E-state index is 11.8. The molecule has 0 aliphatic heterocycles. The van der Waals surface area contributed by atoms with Crippen molar-refractivity contribution < 1.29 is 9.53 Å². The third-order valence-corrected chi connectivity index (χ3v) is 4.55. The predicted octanol–water partition coefficient (Wildman–Crippen LogP) is 3.67. The van der Waals surface area contributed by atoms with E-state index in [1.165, 1.54) is 12.0 Å². The van der Waals surface area contributed by atoms with Gasteiger partial charge in [-0.05, 0) is 35.5 Å². The highest BCUT2D eigenvalue weighted by atomic mass is 79.9. The highest BCUT2D eigenvalue weighted by Crippen LogP contribution is 2.22. The molecule has 1 aromatic heterocycles. The van der Waals surface area contributed by atoms with Crippen LogP contribution in [-0.4, -0.2) is 31.1 Å². The van der Waals surface area contributed by atoms with E-state index in [0.29, 0.717) is 0 Å². The molecular weight excluding hydrogens is 314 g/mol. The van der Waals surface area contributed by atoms with Crippen LogP contribution in [0.4, 0.5) is 0 Å². The van der Waals surface area contributed by atoms with Crippen LogP contribution in [0.25, 0.3) is 0 Å². The maximum atomic E-state index is 11.8. The van der Waals surface area contributed by atoms with E-state index >= 15 is 0 Å². The van der Waals surface area contributed by atoms with Crippen LogP contribution in [0.1, 0.15) is 31.1 Å². The maximum Gasteiger partial charge on any atom is 0.323 e. The second-order valence-corrected chi connectivity index (χ2v) is 6.24. The van der Waals surface area contributed by atoms with Gasteiger partial charge in [-0.15, -0.1) is 11.3 Å². The molecular formula is C13H20BrNO2S. The summed E-state index contributed by atoms with van der Waals surface area (Å²) >= 11 is 5.14. The molecule has 0 saturated heterocycles. The fraction of sp³-hybridized carbons (Fsp3) is 0.615. The largest absolute Gasteiger partial charge is 0.468 e. The lowest BCUT2D eigenvalue weighted by atomic mass is 10.1. The van der Waals surface area contributed by atoms with Crippen LogP contribution in [0, 0.1) is 0 Å². The molecule has 1 aromatic rings. The van der Waals surface area contributed by atoms with Crippen molar-refractivity contribution in [3.05, 3.63) is 20.8 Å². The van der Waals surface area contributed by atoms with Crippen molar-refractivity contribution in [2.45, 2.75) is 38.8 Å². The monoisotopic (exact) mass is 333 g/mol. The molecule has 1 heterocycles. The Bertz CT molecular complexity index is 381. The molecule has 1 unspecified atom stereocenters. The summed E-state index contributed by atoms with van der Waals surface area (Å²) in [5, 5.41) is 2.06. The zero-order valence-electron chi connectivity index (χ0n) is 11.1. The fourth-order valence-electron chi connectivity index (χ4n) is 1.84. The summed E-state index contributed by atoms with van der Waals surface area (Å²) in [6.07, 6.45) is 2.98. The van der Waals surface area contributed by atoms with Gasteiger partial charge in [0.25, 0.3) is 0 Å². The van der Waals surface area contributed by atoms with Gasteiger partial charge in [0, 0.05) is 21.3 Å². The number of unbranched alkanes of at least 4 members (excludes halogenated alkanes) is 1. The number of carbonyl (C=O) groups excluding carboxylic acids is 1. The van der Waals surface area contributed by atoms with Gasteiger partial charge in [0.05, 0.1) is 7.11 Å². The Kier molecular flexibility index (Phi) is 6.89. The zero-order chi connectivity index (χ0) is 13.5. The predicted molar refractivity (Wildman–Crippen MR) is 78.8 cm³/mol. The molecule has 0 aliphatic carbocycles. The molecule has 3 nitrogen and oxygen atoms in total. The van der Waals surface area contributed by atoms with Crippen LogP contribution >= 0.6 is 27.3 Å². The molecule has 0 saturated carbocycles. The van der Waals surface area contributed by atoms with Gasteiger partial charge in [-0.1, -0.05) is 19.8 Å². The third-order valence-electron chi connectivity index (χ3n) is 2.86. The molecule has 0 aliphatic rings. The minimum Gasteiger partial charge on any atom is -0.468 e. The Balaban J connectivity index is 2.63. The van der Waals surface area contributed by atoms with Gasteiger partial charge in [0.2, 0.25) is 0 Å². The Morgan fingerprint density at radius 1 is 1.61 bits per heavy atom. The van der Waals surface area contributed by atoms with Crippen LogP contribution in [0.15, 0.2) is 15.9 Å². The molecule has 5 heteroatoms. The average molecular weight is 334 g/mol. The average Bonchev–Trinajstić information content (AvgIpc) is 2.74. The molecule has 1 atom stereocenters. The van der Waals surface area contributed by atoms with Gasteiger partial charge in [0.15, 0.2) is 0 Å². The number of halogens is 1. The molecule has 0 amide bonds. The van der Waals surface area contributed by atoms with E-state index in [2.05, 4.69) is 39.2 Å². The molecule has 0 aromatic carbocycles. The first-order valence-electron chi connectivity index (χ1n) is 6.09. The number of hydrogen-bond acceptors (Lipinski definition) is 4. The summed E-state index contributed by atoms with van der Waals surface area (Å²) < 4.78 is 5.98. The van der Waals surface area contributed by atoms with Crippen LogP contribution in [0.2, 0.25) is 0 Å². The minimum atomic E-state index is -0.143. The lowest BCUT2D eigenvalue weighted by Crippen LogP contribution is -2.38. The first-order chi connectivity index (χ1) is 8.58. The van der Waals surface area contributed by atoms with Gasteiger partial charge >= 0.3 is 5.97 Å². The summed E-state index contributed by atoms with van der Waals surface area (Å²) in [6, 6.07) is 1.95. The summed E-state index contributed by atoms with van der Waals surface area (Å²) in [7, 11) is 3.43. The number of rotatable bonds is 7. The summed E-state index contributed by atoms with van der Waals surface area (Å²) in [5.41, 5.74) is 0. The molecule has 0 spiro atoms. The first kappa shape index (κ1) is 15.7. The number of carbonyl (C=O) groups is 1. The van der Waals surface area contributed by atoms with Gasteiger partial charge in [-0.3, -0.25) is 9.69 Å². The lowest BCUT2D eigenvalue weighted by Gasteiger charge is -2.25. The van der Waals surface area contributed by atoms with Crippen molar-refractivity contribution in [1.29, 1.82) is 0 Å². The second-order valence-electron chi connectivity index (χ2n) is 4.33. The molecule has 0 bridgehead atoms. The Morgan fingerprint density at radius 3 is 2.83 bits per heavy atom. The number of esters is 1. The van der Waals surface area contributed by atoms with Crippen LogP contribution in [0.5, 0.6) is 0 Å². The summed E-state index contributed by atoms with van der Waals surface area (Å²) in [5.74, 6) is -0.137. The van der Waals surface area contributed by atoms with E-state index in [9.17, 15) is 4.79 Å². The normalized spacial score (nSPS) is 12.7. The van der Waals surface area contributed by atoms with Crippen LogP contribution in [-0.2, 0) is 16.1 Å². The fourth-order valence-corrected chi connectivity index (χ4v) is 3.36.